The highest BCUT2D eigenvalue weighted by Gasteiger charge is 2.26. The second kappa shape index (κ2) is 18.1. The molecule has 7 rings (SSSR count). The number of terminal acetylenes is 1. The van der Waals surface area contributed by atoms with Gasteiger partial charge in [-0.25, -0.2) is 0 Å². The van der Waals surface area contributed by atoms with Gasteiger partial charge < -0.3 is 0 Å². The highest BCUT2D eigenvalue weighted by atomic mass is 14.8. The van der Waals surface area contributed by atoms with E-state index in [-0.39, 0.29) is 5.41 Å². The molecule has 58 heavy (non-hydrogen) atoms. The quantitative estimate of drug-likeness (QED) is 0.0694. The first-order chi connectivity index (χ1) is 28.3. The number of hydrogen-bond donors (Lipinski definition) is 0. The topological polar surface area (TPSA) is 25.2 Å². The molecule has 0 aliphatic heterocycles. The van der Waals surface area contributed by atoms with Gasteiger partial charge in [0.15, 0.2) is 0 Å². The first-order valence-corrected chi connectivity index (χ1v) is 20.5. The number of nitrogens with zero attached hydrogens (tertiary/aromatic N) is 2. The summed E-state index contributed by atoms with van der Waals surface area (Å²) in [4.78, 5) is 10.5. The number of allylic oxidation sites excluding steroid dienone is 6. The summed E-state index contributed by atoms with van der Waals surface area (Å²) in [5.74, 6) is 3.23. The third kappa shape index (κ3) is 9.18. The van der Waals surface area contributed by atoms with Gasteiger partial charge in [0.05, 0.1) is 17.1 Å². The van der Waals surface area contributed by atoms with Crippen LogP contribution in [0.2, 0.25) is 0 Å². The molecule has 0 saturated carbocycles. The molecule has 0 fully saturated rings. The average Bonchev–Trinajstić information content (AvgIpc) is 3.27. The molecule has 0 saturated heterocycles. The second-order valence-electron chi connectivity index (χ2n) is 15.6. The van der Waals surface area contributed by atoms with Crippen molar-refractivity contribution < 1.29 is 0 Å². The van der Waals surface area contributed by atoms with Crippen LogP contribution in [-0.2, 0) is 11.8 Å². The Labute approximate surface area is 346 Å². The zero-order chi connectivity index (χ0) is 40.5. The molecule has 0 spiro atoms. The van der Waals surface area contributed by atoms with Gasteiger partial charge in [0.25, 0.3) is 0 Å². The molecule has 0 bridgehead atoms. The largest absolute Gasteiger partial charge is 0.257 e. The minimum absolute atomic E-state index is 0.136. The van der Waals surface area contributed by atoms with Crippen LogP contribution in [0.1, 0.15) is 92.2 Å². The van der Waals surface area contributed by atoms with Crippen LogP contribution in [0.15, 0.2) is 175 Å². The molecule has 5 aromatic carbocycles. The number of hydrogen-bond acceptors (Lipinski definition) is 2. The zero-order valence-corrected chi connectivity index (χ0v) is 34.4. The highest BCUT2D eigenvalue weighted by molar-refractivity contribution is 6.05. The lowest BCUT2D eigenvalue weighted by Crippen LogP contribution is -2.22. The summed E-state index contributed by atoms with van der Waals surface area (Å²) in [5.41, 5.74) is 16.5. The fourth-order valence-electron chi connectivity index (χ4n) is 7.61. The Morgan fingerprint density at radius 1 is 0.776 bits per heavy atom. The van der Waals surface area contributed by atoms with E-state index in [0.717, 1.165) is 86.6 Å². The van der Waals surface area contributed by atoms with Crippen molar-refractivity contribution in [3.05, 3.63) is 215 Å². The van der Waals surface area contributed by atoms with Gasteiger partial charge in [0, 0.05) is 23.1 Å². The monoisotopic (exact) mass is 752 g/mol. The van der Waals surface area contributed by atoms with Crippen LogP contribution in [0.25, 0.3) is 39.6 Å². The molecular weight excluding hydrogens is 701 g/mol. The van der Waals surface area contributed by atoms with E-state index in [1.807, 2.05) is 6.07 Å². The van der Waals surface area contributed by atoms with Crippen LogP contribution in [0.4, 0.5) is 0 Å². The van der Waals surface area contributed by atoms with Gasteiger partial charge in [-0.05, 0) is 113 Å². The molecular formula is C56H52N2. The van der Waals surface area contributed by atoms with E-state index in [1.165, 1.54) is 16.7 Å². The van der Waals surface area contributed by atoms with E-state index >= 15 is 0 Å². The molecule has 6 aromatic rings. The number of pyridine rings is 1. The van der Waals surface area contributed by atoms with Crippen molar-refractivity contribution >= 4 is 23.1 Å². The molecule has 0 N–H and O–H groups in total. The van der Waals surface area contributed by atoms with E-state index < -0.39 is 0 Å². The Morgan fingerprint density at radius 2 is 1.45 bits per heavy atom. The van der Waals surface area contributed by atoms with E-state index in [0.29, 0.717) is 5.92 Å². The van der Waals surface area contributed by atoms with Crippen LogP contribution in [0, 0.1) is 18.3 Å². The Balaban J connectivity index is 1.12. The van der Waals surface area contributed by atoms with Crippen LogP contribution >= 0.6 is 0 Å². The van der Waals surface area contributed by atoms with Gasteiger partial charge in [0.1, 0.15) is 0 Å². The normalized spacial score (nSPS) is 16.2. The maximum Gasteiger partial charge on any atom is 0.0663 e. The minimum atomic E-state index is -0.136. The summed E-state index contributed by atoms with van der Waals surface area (Å²) in [5, 5.41) is 0. The number of rotatable bonds is 12. The van der Waals surface area contributed by atoms with Crippen LogP contribution in [-0.4, -0.2) is 10.7 Å². The second-order valence-corrected chi connectivity index (χ2v) is 15.6. The Kier molecular flexibility index (Phi) is 12.4. The minimum Gasteiger partial charge on any atom is -0.257 e. The molecule has 2 unspecified atom stereocenters. The van der Waals surface area contributed by atoms with E-state index in [2.05, 4.69) is 210 Å². The summed E-state index contributed by atoms with van der Waals surface area (Å²) in [6.45, 7) is 11.0. The van der Waals surface area contributed by atoms with E-state index in [9.17, 15) is 0 Å². The van der Waals surface area contributed by atoms with Crippen LogP contribution < -0.4 is 0 Å². The maximum atomic E-state index is 6.04. The van der Waals surface area contributed by atoms with Crippen molar-refractivity contribution in [3.8, 4) is 34.6 Å². The molecule has 2 nitrogen and oxygen atoms in total. The third-order valence-corrected chi connectivity index (χ3v) is 11.4. The first kappa shape index (κ1) is 39.7. The third-order valence-electron chi connectivity index (χ3n) is 11.4. The van der Waals surface area contributed by atoms with Crippen LogP contribution in [0.5, 0.6) is 0 Å². The Bertz CT molecular complexity index is 2560. The SMILES string of the molecule is C#Cc1ccc(-c2ccc(/C(=N/C(=C/C)c3ccccc3)C(C)CC)cc2)cc1/C=C(\C)c1ccc(Cc2cc(-c3ccccc3)cc(C3(C)C=CC=CC3)n2)cc1. The van der Waals surface area contributed by atoms with Crippen molar-refractivity contribution in [2.24, 2.45) is 10.9 Å². The van der Waals surface area contributed by atoms with Gasteiger partial charge in [-0.15, -0.1) is 6.42 Å². The molecule has 2 atom stereocenters. The van der Waals surface area contributed by atoms with Gasteiger partial charge in [-0.3, -0.25) is 9.98 Å². The van der Waals surface area contributed by atoms with Gasteiger partial charge in [-0.1, -0.05) is 178 Å². The predicted octanol–water partition coefficient (Wildman–Crippen LogP) is 14.2. The van der Waals surface area contributed by atoms with Crippen molar-refractivity contribution in [1.82, 2.24) is 4.98 Å². The Morgan fingerprint density at radius 3 is 2.10 bits per heavy atom. The number of benzene rings is 5. The lowest BCUT2D eigenvalue weighted by Gasteiger charge is -2.27. The summed E-state index contributed by atoms with van der Waals surface area (Å²) < 4.78 is 0. The van der Waals surface area contributed by atoms with Crippen LogP contribution in [0.3, 0.4) is 0 Å². The number of aliphatic imine (C=N–C) groups is 1. The van der Waals surface area contributed by atoms with Gasteiger partial charge >= 0.3 is 0 Å². The molecule has 1 aliphatic carbocycles. The molecule has 286 valence electrons. The lowest BCUT2D eigenvalue weighted by atomic mass is 9.79. The van der Waals surface area contributed by atoms with Crippen molar-refractivity contribution in [3.63, 3.8) is 0 Å². The smallest absolute Gasteiger partial charge is 0.0663 e. The van der Waals surface area contributed by atoms with Crippen molar-refractivity contribution in [1.29, 1.82) is 0 Å². The standard InChI is InChI=1S/C56H52N2/c1-7-40(4)55(58-53(9-3)47-21-15-11-16-22-47)48-30-28-46(29-31-48)49-32-27-43(8-2)50(37-49)35-41(5)44-25-23-42(24-26-44)36-52-38-51(45-19-13-10-14-20-45)39-54(57-52)56(6)33-17-12-18-34-56/h2,9-33,35,37-40H,7,34,36H2,1,3-6H3/b41-35+,53-9+,58-55+. The summed E-state index contributed by atoms with van der Waals surface area (Å²) in [7, 11) is 0. The molecule has 1 heterocycles. The summed E-state index contributed by atoms with van der Waals surface area (Å²) in [6.07, 6.45) is 21.8. The molecule has 1 aromatic heterocycles. The Hall–Kier alpha value is -6.56. The molecule has 2 heteroatoms. The van der Waals surface area contributed by atoms with Gasteiger partial charge in [-0.2, -0.15) is 0 Å². The highest BCUT2D eigenvalue weighted by Crippen LogP contribution is 2.35. The fourth-order valence-corrected chi connectivity index (χ4v) is 7.61. The predicted molar refractivity (Wildman–Crippen MR) is 249 cm³/mol. The van der Waals surface area contributed by atoms with E-state index in [1.54, 1.807) is 0 Å². The van der Waals surface area contributed by atoms with Crippen molar-refractivity contribution in [2.75, 3.05) is 0 Å². The average molecular weight is 753 g/mol. The molecule has 1 aliphatic rings. The molecule has 0 radical (unpaired) electrons. The van der Waals surface area contributed by atoms with E-state index in [4.69, 9.17) is 16.4 Å². The maximum absolute atomic E-state index is 6.04. The number of aromatic nitrogens is 1. The summed E-state index contributed by atoms with van der Waals surface area (Å²) in [6, 6.07) is 49.6. The first-order valence-electron chi connectivity index (χ1n) is 20.5. The molecule has 0 amide bonds. The van der Waals surface area contributed by atoms with Crippen molar-refractivity contribution in [2.45, 2.75) is 59.3 Å². The fraction of sp³-hybridized carbons (Fsp3) is 0.179. The van der Waals surface area contributed by atoms with Gasteiger partial charge in [0.2, 0.25) is 0 Å². The zero-order valence-electron chi connectivity index (χ0n) is 34.4. The summed E-state index contributed by atoms with van der Waals surface area (Å²) >= 11 is 0. The lowest BCUT2D eigenvalue weighted by molar-refractivity contribution is 0.577.